The van der Waals surface area contributed by atoms with Crippen LogP contribution in [-0.4, -0.2) is 12.2 Å². The van der Waals surface area contributed by atoms with Crippen LogP contribution in [0.4, 0.5) is 4.39 Å². The highest BCUT2D eigenvalue weighted by Crippen LogP contribution is 2.52. The van der Waals surface area contributed by atoms with Crippen LogP contribution in [0.15, 0.2) is 0 Å². The first-order valence-electron chi connectivity index (χ1n) is 3.18. The van der Waals surface area contributed by atoms with Crippen LogP contribution < -0.4 is 5.73 Å². The average Bonchev–Trinajstić information content (AvgIpc) is 2.35. The van der Waals surface area contributed by atoms with Crippen molar-refractivity contribution in [2.24, 2.45) is 17.6 Å². The third-order valence-corrected chi connectivity index (χ3v) is 2.40. The van der Waals surface area contributed by atoms with Gasteiger partial charge in [-0.2, -0.15) is 0 Å². The molecule has 0 aromatic heterocycles. The summed E-state index contributed by atoms with van der Waals surface area (Å²) >= 11 is 0. The molecule has 0 bridgehead atoms. The predicted molar refractivity (Wildman–Crippen MR) is 29.1 cm³/mol. The standard InChI is InChI=1S/C6H10FN/c7-5-2-6(8)4-1-3(4)5/h3-6H,1-2,8H2. The van der Waals surface area contributed by atoms with Crippen LogP contribution in [0.1, 0.15) is 12.8 Å². The molecule has 4 unspecified atom stereocenters. The van der Waals surface area contributed by atoms with Gasteiger partial charge in [0.05, 0.1) is 0 Å². The molecule has 0 radical (unpaired) electrons. The lowest BCUT2D eigenvalue weighted by Crippen LogP contribution is -2.20. The minimum absolute atomic E-state index is 0.190. The summed E-state index contributed by atoms with van der Waals surface area (Å²) in [5, 5.41) is 0. The molecule has 2 heteroatoms. The number of rotatable bonds is 0. The van der Waals surface area contributed by atoms with Crippen molar-refractivity contribution in [2.45, 2.75) is 25.1 Å². The zero-order valence-electron chi connectivity index (χ0n) is 4.68. The first kappa shape index (κ1) is 4.74. The minimum atomic E-state index is -0.560. The molecule has 0 aromatic rings. The van der Waals surface area contributed by atoms with E-state index in [0.717, 1.165) is 6.42 Å². The Kier molecular flexibility index (Phi) is 0.734. The molecule has 0 aromatic carbocycles. The van der Waals surface area contributed by atoms with Gasteiger partial charge in [-0.15, -0.1) is 0 Å². The van der Waals surface area contributed by atoms with Crippen molar-refractivity contribution in [1.29, 1.82) is 0 Å². The highest BCUT2D eigenvalue weighted by molar-refractivity contribution is 5.05. The molecular weight excluding hydrogens is 105 g/mol. The Balaban J connectivity index is 2.09. The molecular formula is C6H10FN. The molecule has 2 aliphatic rings. The number of hydrogen-bond acceptors (Lipinski definition) is 1. The molecule has 0 aliphatic heterocycles. The fraction of sp³-hybridized carbons (Fsp3) is 1.00. The molecule has 4 atom stereocenters. The second-order valence-corrected chi connectivity index (χ2v) is 2.98. The summed E-state index contributed by atoms with van der Waals surface area (Å²) in [7, 11) is 0. The minimum Gasteiger partial charge on any atom is -0.327 e. The van der Waals surface area contributed by atoms with Gasteiger partial charge in [-0.25, -0.2) is 4.39 Å². The molecule has 0 spiro atoms. The van der Waals surface area contributed by atoms with E-state index < -0.39 is 6.17 Å². The van der Waals surface area contributed by atoms with Crippen LogP contribution >= 0.6 is 0 Å². The van der Waals surface area contributed by atoms with Gasteiger partial charge in [-0.3, -0.25) is 0 Å². The van der Waals surface area contributed by atoms with Gasteiger partial charge in [-0.1, -0.05) is 0 Å². The number of nitrogens with two attached hydrogens (primary N) is 1. The highest BCUT2D eigenvalue weighted by Gasteiger charge is 2.53. The molecule has 0 heterocycles. The number of halogens is 1. The second kappa shape index (κ2) is 1.24. The van der Waals surface area contributed by atoms with E-state index in [1.165, 1.54) is 0 Å². The number of fused-ring (bicyclic) bond motifs is 1. The maximum absolute atomic E-state index is 12.5. The molecule has 2 aliphatic carbocycles. The Hall–Kier alpha value is -0.110. The fourth-order valence-corrected chi connectivity index (χ4v) is 1.75. The SMILES string of the molecule is NC1CC(F)C2CC12. The summed E-state index contributed by atoms with van der Waals surface area (Å²) in [6, 6.07) is 0.190. The molecule has 2 fully saturated rings. The van der Waals surface area contributed by atoms with Crippen LogP contribution in [0.2, 0.25) is 0 Å². The molecule has 2 saturated carbocycles. The van der Waals surface area contributed by atoms with E-state index in [1.54, 1.807) is 0 Å². The van der Waals surface area contributed by atoms with Gasteiger partial charge < -0.3 is 5.73 Å². The summed E-state index contributed by atoms with van der Waals surface area (Å²) in [5.41, 5.74) is 5.57. The third-order valence-electron chi connectivity index (χ3n) is 2.40. The van der Waals surface area contributed by atoms with Crippen molar-refractivity contribution >= 4 is 0 Å². The molecule has 0 saturated heterocycles. The van der Waals surface area contributed by atoms with Crippen molar-refractivity contribution < 1.29 is 4.39 Å². The zero-order valence-corrected chi connectivity index (χ0v) is 4.68. The van der Waals surface area contributed by atoms with Crippen molar-refractivity contribution in [3.05, 3.63) is 0 Å². The Morgan fingerprint density at radius 1 is 1.25 bits per heavy atom. The summed E-state index contributed by atoms with van der Waals surface area (Å²) in [4.78, 5) is 0. The van der Waals surface area contributed by atoms with Crippen LogP contribution in [0.5, 0.6) is 0 Å². The summed E-state index contributed by atoms with van der Waals surface area (Å²) in [6.45, 7) is 0. The summed E-state index contributed by atoms with van der Waals surface area (Å²) in [5.74, 6) is 0.926. The quantitative estimate of drug-likeness (QED) is 0.494. The Bertz CT molecular complexity index is 99.1. The van der Waals surface area contributed by atoms with E-state index in [1.807, 2.05) is 0 Å². The average molecular weight is 115 g/mol. The number of hydrogen-bond donors (Lipinski definition) is 1. The fourth-order valence-electron chi connectivity index (χ4n) is 1.75. The van der Waals surface area contributed by atoms with Gasteiger partial charge in [0, 0.05) is 6.04 Å². The van der Waals surface area contributed by atoms with E-state index in [9.17, 15) is 4.39 Å². The summed E-state index contributed by atoms with van der Waals surface area (Å²) in [6.07, 6.45) is 1.12. The van der Waals surface area contributed by atoms with Crippen LogP contribution in [0.3, 0.4) is 0 Å². The van der Waals surface area contributed by atoms with Crippen LogP contribution in [-0.2, 0) is 0 Å². The van der Waals surface area contributed by atoms with E-state index >= 15 is 0 Å². The maximum Gasteiger partial charge on any atom is 0.105 e. The molecule has 8 heavy (non-hydrogen) atoms. The smallest absolute Gasteiger partial charge is 0.105 e. The van der Waals surface area contributed by atoms with Crippen molar-refractivity contribution in [3.8, 4) is 0 Å². The van der Waals surface area contributed by atoms with E-state index in [-0.39, 0.29) is 6.04 Å². The molecule has 2 N–H and O–H groups in total. The molecule has 2 rings (SSSR count). The van der Waals surface area contributed by atoms with Crippen LogP contribution in [0.25, 0.3) is 0 Å². The number of alkyl halides is 1. The van der Waals surface area contributed by atoms with Crippen molar-refractivity contribution in [2.75, 3.05) is 0 Å². The highest BCUT2D eigenvalue weighted by atomic mass is 19.1. The van der Waals surface area contributed by atoms with Gasteiger partial charge in [0.15, 0.2) is 0 Å². The monoisotopic (exact) mass is 115 g/mol. The Morgan fingerprint density at radius 3 is 2.12 bits per heavy atom. The second-order valence-electron chi connectivity index (χ2n) is 2.98. The first-order chi connectivity index (χ1) is 3.79. The lowest BCUT2D eigenvalue weighted by Gasteiger charge is -2.02. The Labute approximate surface area is 48.1 Å². The molecule has 1 nitrogen and oxygen atoms in total. The first-order valence-corrected chi connectivity index (χ1v) is 3.18. The van der Waals surface area contributed by atoms with E-state index in [4.69, 9.17) is 5.73 Å². The van der Waals surface area contributed by atoms with Crippen molar-refractivity contribution in [3.63, 3.8) is 0 Å². The largest absolute Gasteiger partial charge is 0.327 e. The van der Waals surface area contributed by atoms with Crippen molar-refractivity contribution in [1.82, 2.24) is 0 Å². The summed E-state index contributed by atoms with van der Waals surface area (Å²) < 4.78 is 12.5. The lowest BCUT2D eigenvalue weighted by molar-refractivity contribution is 0.302. The van der Waals surface area contributed by atoms with Gasteiger partial charge in [0.25, 0.3) is 0 Å². The van der Waals surface area contributed by atoms with Gasteiger partial charge in [0.2, 0.25) is 0 Å². The zero-order chi connectivity index (χ0) is 5.72. The van der Waals surface area contributed by atoms with Gasteiger partial charge in [0.1, 0.15) is 6.17 Å². The van der Waals surface area contributed by atoms with Gasteiger partial charge >= 0.3 is 0 Å². The predicted octanol–water partition coefficient (Wildman–Crippen LogP) is 0.692. The topological polar surface area (TPSA) is 26.0 Å². The maximum atomic E-state index is 12.5. The van der Waals surface area contributed by atoms with Crippen LogP contribution in [0, 0.1) is 11.8 Å². The molecule has 0 amide bonds. The normalized spacial score (nSPS) is 60.8. The van der Waals surface area contributed by atoms with Gasteiger partial charge in [-0.05, 0) is 24.7 Å². The molecule has 46 valence electrons. The third kappa shape index (κ3) is 0.440. The lowest BCUT2D eigenvalue weighted by atomic mass is 10.2. The van der Waals surface area contributed by atoms with E-state index in [2.05, 4.69) is 0 Å². The Morgan fingerprint density at radius 2 is 2.00 bits per heavy atom. The van der Waals surface area contributed by atoms with E-state index in [0.29, 0.717) is 18.3 Å².